The fourth-order valence-corrected chi connectivity index (χ4v) is 2.71. The molecule has 1 aliphatic rings. The lowest BCUT2D eigenvalue weighted by molar-refractivity contribution is 0.156. The fourth-order valence-electron chi connectivity index (χ4n) is 2.71. The molecule has 19 heavy (non-hydrogen) atoms. The Kier molecular flexibility index (Phi) is 5.62. The molecule has 104 valence electrons. The molecule has 0 aromatic heterocycles. The van der Waals surface area contributed by atoms with Crippen molar-refractivity contribution >= 4 is 5.57 Å². The molecule has 0 bridgehead atoms. The molecule has 0 unspecified atom stereocenters. The first-order valence-corrected chi connectivity index (χ1v) is 7.44. The number of benzene rings is 1. The molecule has 1 atom stereocenters. The molecule has 0 saturated carbocycles. The predicted octanol–water partition coefficient (Wildman–Crippen LogP) is 3.33. The summed E-state index contributed by atoms with van der Waals surface area (Å²) in [5.41, 5.74) is 2.74. The third-order valence-corrected chi connectivity index (χ3v) is 3.78. The lowest BCUT2D eigenvalue weighted by Crippen LogP contribution is -2.27. The Morgan fingerprint density at radius 2 is 2.05 bits per heavy atom. The smallest absolute Gasteiger partial charge is 0.0553 e. The molecule has 0 amide bonds. The lowest BCUT2D eigenvalue weighted by Gasteiger charge is -2.22. The van der Waals surface area contributed by atoms with Gasteiger partial charge >= 0.3 is 0 Å². The number of allylic oxidation sites excluding steroid dienone is 1. The van der Waals surface area contributed by atoms with Gasteiger partial charge in [-0.1, -0.05) is 43.3 Å². The van der Waals surface area contributed by atoms with Crippen LogP contribution in [0, 0.1) is 0 Å². The van der Waals surface area contributed by atoms with E-state index < -0.39 is 0 Å². The van der Waals surface area contributed by atoms with E-state index in [0.29, 0.717) is 0 Å². The quantitative estimate of drug-likeness (QED) is 0.896. The van der Waals surface area contributed by atoms with Crippen molar-refractivity contribution in [2.24, 2.45) is 0 Å². The third kappa shape index (κ3) is 4.48. The Bertz CT molecular complexity index is 399. The van der Waals surface area contributed by atoms with E-state index in [1.807, 2.05) is 0 Å². The fraction of sp³-hybridized carbons (Fsp3) is 0.529. The van der Waals surface area contributed by atoms with Gasteiger partial charge in [0.25, 0.3) is 0 Å². The molecule has 0 aliphatic carbocycles. The molecule has 1 heterocycles. The Morgan fingerprint density at radius 3 is 2.79 bits per heavy atom. The van der Waals surface area contributed by atoms with Crippen LogP contribution in [0.3, 0.4) is 0 Å². The van der Waals surface area contributed by atoms with Gasteiger partial charge in [-0.25, -0.2) is 0 Å². The molecular weight excluding hydrogens is 234 g/mol. The maximum atomic E-state index is 9.72. The molecule has 1 fully saturated rings. The van der Waals surface area contributed by atoms with Gasteiger partial charge in [0.2, 0.25) is 0 Å². The average Bonchev–Trinajstić information content (AvgIpc) is 2.64. The molecule has 2 heteroatoms. The van der Waals surface area contributed by atoms with Crippen LogP contribution < -0.4 is 0 Å². The minimum absolute atomic E-state index is 0.0969. The van der Waals surface area contributed by atoms with E-state index in [1.54, 1.807) is 0 Å². The number of aliphatic hydroxyl groups excluding tert-OH is 1. The van der Waals surface area contributed by atoms with Gasteiger partial charge < -0.3 is 5.11 Å². The summed E-state index contributed by atoms with van der Waals surface area (Å²) in [6.07, 6.45) is 6.27. The van der Waals surface area contributed by atoms with Crippen molar-refractivity contribution in [2.75, 3.05) is 19.6 Å². The van der Waals surface area contributed by atoms with Crippen LogP contribution in [-0.2, 0) is 0 Å². The van der Waals surface area contributed by atoms with Crippen LogP contribution >= 0.6 is 0 Å². The monoisotopic (exact) mass is 259 g/mol. The Morgan fingerprint density at radius 1 is 1.26 bits per heavy atom. The van der Waals surface area contributed by atoms with Crippen molar-refractivity contribution in [3.63, 3.8) is 0 Å². The number of likely N-dealkylation sites (tertiary alicyclic amines) is 1. The van der Waals surface area contributed by atoms with E-state index in [-0.39, 0.29) is 6.10 Å². The lowest BCUT2D eigenvalue weighted by atomic mass is 10.0. The number of rotatable bonds is 4. The van der Waals surface area contributed by atoms with Crippen molar-refractivity contribution < 1.29 is 5.11 Å². The van der Waals surface area contributed by atoms with Gasteiger partial charge in [0.15, 0.2) is 0 Å². The summed E-state index contributed by atoms with van der Waals surface area (Å²) in [7, 11) is 0. The van der Waals surface area contributed by atoms with Gasteiger partial charge in [0.1, 0.15) is 0 Å². The second-order valence-corrected chi connectivity index (χ2v) is 5.36. The summed E-state index contributed by atoms with van der Waals surface area (Å²) in [6.45, 7) is 5.31. The van der Waals surface area contributed by atoms with Gasteiger partial charge in [-0.05, 0) is 43.4 Å². The molecule has 1 N–H and O–H groups in total. The van der Waals surface area contributed by atoms with Gasteiger partial charge in [0, 0.05) is 13.1 Å². The summed E-state index contributed by atoms with van der Waals surface area (Å²) < 4.78 is 0. The van der Waals surface area contributed by atoms with E-state index in [1.165, 1.54) is 11.1 Å². The molecule has 1 aromatic rings. The van der Waals surface area contributed by atoms with Gasteiger partial charge in [0.05, 0.1) is 6.10 Å². The molecule has 2 nitrogen and oxygen atoms in total. The number of aliphatic hydroxyl groups is 1. The zero-order valence-corrected chi connectivity index (χ0v) is 11.9. The standard InChI is InChI=1S/C17H25NO/c1-2-7-16(15-8-4-3-5-9-15)14-18-12-6-10-17(19)11-13-18/h3-5,7-9,17,19H,2,6,10-14H2,1H3/b16-7-/t17-/m1/s1. The number of hydrogen-bond acceptors (Lipinski definition) is 2. The topological polar surface area (TPSA) is 23.5 Å². The first-order valence-electron chi connectivity index (χ1n) is 7.44. The van der Waals surface area contributed by atoms with E-state index in [9.17, 15) is 5.11 Å². The van der Waals surface area contributed by atoms with E-state index in [0.717, 1.165) is 45.3 Å². The SMILES string of the molecule is CC/C=C(/CN1CCC[C@@H](O)CC1)c1ccccc1. The molecule has 0 spiro atoms. The second-order valence-electron chi connectivity index (χ2n) is 5.36. The number of hydrogen-bond donors (Lipinski definition) is 1. The normalized spacial score (nSPS) is 22.2. The van der Waals surface area contributed by atoms with Crippen molar-refractivity contribution in [2.45, 2.75) is 38.7 Å². The average molecular weight is 259 g/mol. The van der Waals surface area contributed by atoms with Crippen LogP contribution in [-0.4, -0.2) is 35.7 Å². The van der Waals surface area contributed by atoms with Crippen molar-refractivity contribution in [3.05, 3.63) is 42.0 Å². The minimum atomic E-state index is -0.0969. The Labute approximate surface area is 116 Å². The van der Waals surface area contributed by atoms with Crippen LogP contribution in [0.1, 0.15) is 38.2 Å². The third-order valence-electron chi connectivity index (χ3n) is 3.78. The van der Waals surface area contributed by atoms with E-state index >= 15 is 0 Å². The molecule has 1 aromatic carbocycles. The first kappa shape index (κ1) is 14.3. The largest absolute Gasteiger partial charge is 0.393 e. The molecule has 0 radical (unpaired) electrons. The van der Waals surface area contributed by atoms with Crippen LogP contribution in [0.2, 0.25) is 0 Å². The predicted molar refractivity (Wildman–Crippen MR) is 81.0 cm³/mol. The highest BCUT2D eigenvalue weighted by atomic mass is 16.3. The van der Waals surface area contributed by atoms with Crippen molar-refractivity contribution in [1.82, 2.24) is 4.90 Å². The van der Waals surface area contributed by atoms with Crippen molar-refractivity contribution in [3.8, 4) is 0 Å². The zero-order chi connectivity index (χ0) is 13.5. The molecule has 1 aliphatic heterocycles. The molecule has 1 saturated heterocycles. The second kappa shape index (κ2) is 7.46. The zero-order valence-electron chi connectivity index (χ0n) is 11.9. The Balaban J connectivity index is 2.03. The van der Waals surface area contributed by atoms with Gasteiger partial charge in [-0.2, -0.15) is 0 Å². The maximum absolute atomic E-state index is 9.72. The van der Waals surface area contributed by atoms with E-state index in [4.69, 9.17) is 0 Å². The summed E-state index contributed by atoms with van der Waals surface area (Å²) in [5, 5.41) is 9.72. The maximum Gasteiger partial charge on any atom is 0.0553 e. The molecule has 2 rings (SSSR count). The molecular formula is C17H25NO. The highest BCUT2D eigenvalue weighted by Gasteiger charge is 2.16. The highest BCUT2D eigenvalue weighted by Crippen LogP contribution is 2.19. The van der Waals surface area contributed by atoms with E-state index in [2.05, 4.69) is 48.2 Å². The van der Waals surface area contributed by atoms with Gasteiger partial charge in [-0.15, -0.1) is 0 Å². The van der Waals surface area contributed by atoms with Crippen molar-refractivity contribution in [1.29, 1.82) is 0 Å². The van der Waals surface area contributed by atoms with Crippen LogP contribution in [0.15, 0.2) is 36.4 Å². The summed E-state index contributed by atoms with van der Waals surface area (Å²) in [4.78, 5) is 2.48. The minimum Gasteiger partial charge on any atom is -0.393 e. The summed E-state index contributed by atoms with van der Waals surface area (Å²) in [5.74, 6) is 0. The van der Waals surface area contributed by atoms with Gasteiger partial charge in [-0.3, -0.25) is 4.90 Å². The number of nitrogens with zero attached hydrogens (tertiary/aromatic N) is 1. The van der Waals surface area contributed by atoms with Crippen LogP contribution in [0.4, 0.5) is 0 Å². The van der Waals surface area contributed by atoms with Crippen LogP contribution in [0.5, 0.6) is 0 Å². The van der Waals surface area contributed by atoms with Crippen LogP contribution in [0.25, 0.3) is 5.57 Å². The summed E-state index contributed by atoms with van der Waals surface area (Å²) >= 11 is 0. The Hall–Kier alpha value is -1.12. The first-order chi connectivity index (χ1) is 9.29. The summed E-state index contributed by atoms with van der Waals surface area (Å²) in [6, 6.07) is 10.6. The highest BCUT2D eigenvalue weighted by molar-refractivity contribution is 5.66.